The summed E-state index contributed by atoms with van der Waals surface area (Å²) in [6.07, 6.45) is 0. The molecule has 4 nitrogen and oxygen atoms in total. The highest BCUT2D eigenvalue weighted by atomic mass is 79.9. The molecule has 0 saturated heterocycles. The molecule has 0 fully saturated rings. The van der Waals surface area contributed by atoms with Crippen LogP contribution in [-0.4, -0.2) is 16.1 Å². The van der Waals surface area contributed by atoms with Gasteiger partial charge in [-0.3, -0.25) is 0 Å². The summed E-state index contributed by atoms with van der Waals surface area (Å²) in [6, 6.07) is 7.38. The average Bonchev–Trinajstić information content (AvgIpc) is 2.32. The number of carbonyl (C=O) groups is 1. The van der Waals surface area contributed by atoms with Crippen molar-refractivity contribution in [1.29, 1.82) is 0 Å². The van der Waals surface area contributed by atoms with Crippen LogP contribution in [0.1, 0.15) is 21.6 Å². The molecule has 0 unspecified atom stereocenters. The number of hydrogen-bond acceptors (Lipinski definition) is 3. The second-order valence-electron chi connectivity index (χ2n) is 4.33. The molecule has 0 aliphatic carbocycles. The minimum absolute atomic E-state index is 0.179. The number of nitrogens with one attached hydrogen (secondary N) is 1. The Labute approximate surface area is 133 Å². The van der Waals surface area contributed by atoms with Crippen molar-refractivity contribution < 1.29 is 9.90 Å². The molecule has 0 saturated carbocycles. The third-order valence-electron chi connectivity index (χ3n) is 2.76. The van der Waals surface area contributed by atoms with Gasteiger partial charge in [-0.1, -0.05) is 6.07 Å². The maximum atomic E-state index is 11.4. The summed E-state index contributed by atoms with van der Waals surface area (Å²) in [5.74, 6) is -0.664. The predicted molar refractivity (Wildman–Crippen MR) is 85.8 cm³/mol. The highest BCUT2D eigenvalue weighted by molar-refractivity contribution is 9.11. The van der Waals surface area contributed by atoms with E-state index in [1.54, 1.807) is 13.0 Å². The van der Waals surface area contributed by atoms with Crippen LogP contribution in [0.4, 0.5) is 11.5 Å². The van der Waals surface area contributed by atoms with Gasteiger partial charge in [-0.15, -0.1) is 0 Å². The zero-order valence-corrected chi connectivity index (χ0v) is 14.0. The van der Waals surface area contributed by atoms with E-state index in [-0.39, 0.29) is 5.56 Å². The van der Waals surface area contributed by atoms with Gasteiger partial charge in [-0.25, -0.2) is 9.78 Å². The minimum Gasteiger partial charge on any atom is -0.478 e. The molecule has 1 aromatic heterocycles. The van der Waals surface area contributed by atoms with Crippen molar-refractivity contribution in [2.45, 2.75) is 13.8 Å². The second-order valence-corrected chi connectivity index (χ2v) is 6.04. The summed E-state index contributed by atoms with van der Waals surface area (Å²) >= 11 is 6.87. The van der Waals surface area contributed by atoms with E-state index >= 15 is 0 Å². The number of rotatable bonds is 3. The molecule has 2 aromatic rings. The van der Waals surface area contributed by atoms with E-state index in [1.165, 1.54) is 0 Å². The molecule has 6 heteroatoms. The van der Waals surface area contributed by atoms with Crippen molar-refractivity contribution in [3.63, 3.8) is 0 Å². The van der Waals surface area contributed by atoms with E-state index in [0.29, 0.717) is 11.4 Å². The molecular formula is C14H12Br2N2O2. The number of aromatic carboxylic acids is 1. The highest BCUT2D eigenvalue weighted by Gasteiger charge is 2.17. The van der Waals surface area contributed by atoms with E-state index in [9.17, 15) is 9.90 Å². The lowest BCUT2D eigenvalue weighted by molar-refractivity contribution is 0.0697. The van der Waals surface area contributed by atoms with Crippen LogP contribution in [0.25, 0.3) is 0 Å². The van der Waals surface area contributed by atoms with E-state index < -0.39 is 5.97 Å². The fraction of sp³-hybridized carbons (Fsp3) is 0.143. The number of halogens is 2. The molecule has 0 atom stereocenters. The Bertz CT molecular complexity index is 667. The summed E-state index contributed by atoms with van der Waals surface area (Å²) in [7, 11) is 0. The maximum absolute atomic E-state index is 11.4. The molecule has 0 aliphatic rings. The molecule has 2 rings (SSSR count). The van der Waals surface area contributed by atoms with Crippen LogP contribution < -0.4 is 5.32 Å². The Hall–Kier alpha value is -1.40. The van der Waals surface area contributed by atoms with Crippen LogP contribution in [0.5, 0.6) is 0 Å². The number of aromatic nitrogens is 1. The molecular weight excluding hydrogens is 388 g/mol. The van der Waals surface area contributed by atoms with Crippen LogP contribution in [0.15, 0.2) is 33.2 Å². The quantitative estimate of drug-likeness (QED) is 0.787. The molecule has 20 heavy (non-hydrogen) atoms. The van der Waals surface area contributed by atoms with Gasteiger partial charge in [0.15, 0.2) is 0 Å². The molecule has 0 radical (unpaired) electrons. The van der Waals surface area contributed by atoms with Gasteiger partial charge < -0.3 is 10.4 Å². The minimum atomic E-state index is -0.999. The molecule has 1 heterocycles. The molecule has 2 N–H and O–H groups in total. The summed E-state index contributed by atoms with van der Waals surface area (Å²) in [5.41, 5.74) is 2.36. The topological polar surface area (TPSA) is 62.2 Å². The number of aryl methyl sites for hydroxylation is 2. The fourth-order valence-electron chi connectivity index (χ4n) is 1.93. The third kappa shape index (κ3) is 3.02. The number of anilines is 2. The molecule has 0 aliphatic heterocycles. The standard InChI is InChI=1S/C14H12Br2N2O2/c1-7-6-8(2)17-13(11(7)14(19)20)18-12-9(15)4-3-5-10(12)16/h3-6H,1-2H3,(H,17,18)(H,19,20). The van der Waals surface area contributed by atoms with Gasteiger partial charge >= 0.3 is 5.97 Å². The number of nitrogens with zero attached hydrogens (tertiary/aromatic N) is 1. The Morgan fingerprint density at radius 3 is 2.40 bits per heavy atom. The smallest absolute Gasteiger partial charge is 0.339 e. The molecule has 0 amide bonds. The maximum Gasteiger partial charge on any atom is 0.339 e. The van der Waals surface area contributed by atoms with Crippen LogP contribution in [0.3, 0.4) is 0 Å². The zero-order chi connectivity index (χ0) is 14.9. The van der Waals surface area contributed by atoms with Gasteiger partial charge in [0.05, 0.1) is 5.69 Å². The van der Waals surface area contributed by atoms with Crippen LogP contribution >= 0.6 is 31.9 Å². The highest BCUT2D eigenvalue weighted by Crippen LogP contribution is 2.34. The van der Waals surface area contributed by atoms with E-state index in [2.05, 4.69) is 42.2 Å². The first kappa shape index (κ1) is 15.0. The van der Waals surface area contributed by atoms with Gasteiger partial charge in [0.1, 0.15) is 11.4 Å². The first-order valence-electron chi connectivity index (χ1n) is 5.82. The van der Waals surface area contributed by atoms with Crippen molar-refractivity contribution in [3.8, 4) is 0 Å². The molecule has 104 valence electrons. The monoisotopic (exact) mass is 398 g/mol. The number of pyridine rings is 1. The number of para-hydroxylation sites is 1. The molecule has 0 bridgehead atoms. The lowest BCUT2D eigenvalue weighted by atomic mass is 10.1. The van der Waals surface area contributed by atoms with Crippen molar-refractivity contribution in [1.82, 2.24) is 4.98 Å². The fourth-order valence-corrected chi connectivity index (χ4v) is 3.13. The van der Waals surface area contributed by atoms with Crippen molar-refractivity contribution in [2.75, 3.05) is 5.32 Å². The zero-order valence-electron chi connectivity index (χ0n) is 10.9. The summed E-state index contributed by atoms with van der Waals surface area (Å²) in [4.78, 5) is 15.7. The first-order valence-corrected chi connectivity index (χ1v) is 7.41. The van der Waals surface area contributed by atoms with Gasteiger partial charge in [-0.05, 0) is 69.5 Å². The second kappa shape index (κ2) is 5.93. The van der Waals surface area contributed by atoms with Gasteiger partial charge in [0, 0.05) is 14.6 Å². The third-order valence-corrected chi connectivity index (χ3v) is 4.09. The molecule has 1 aromatic carbocycles. The predicted octanol–water partition coefficient (Wildman–Crippen LogP) is 4.67. The summed E-state index contributed by atoms with van der Waals surface area (Å²) in [6.45, 7) is 3.59. The average molecular weight is 400 g/mol. The molecule has 0 spiro atoms. The largest absolute Gasteiger partial charge is 0.478 e. The van der Waals surface area contributed by atoms with E-state index in [0.717, 1.165) is 20.3 Å². The number of carboxylic acids is 1. The summed E-state index contributed by atoms with van der Waals surface area (Å²) in [5, 5.41) is 12.4. The van der Waals surface area contributed by atoms with Crippen LogP contribution in [0.2, 0.25) is 0 Å². The Morgan fingerprint density at radius 1 is 1.25 bits per heavy atom. The number of benzene rings is 1. The van der Waals surface area contributed by atoms with Gasteiger partial charge in [-0.2, -0.15) is 0 Å². The first-order chi connectivity index (χ1) is 9.40. The van der Waals surface area contributed by atoms with Gasteiger partial charge in [0.25, 0.3) is 0 Å². The normalized spacial score (nSPS) is 10.4. The van der Waals surface area contributed by atoms with Crippen LogP contribution in [0, 0.1) is 13.8 Å². The Kier molecular flexibility index (Phi) is 4.45. The van der Waals surface area contributed by atoms with Crippen molar-refractivity contribution >= 4 is 49.3 Å². The Balaban J connectivity index is 2.56. The van der Waals surface area contributed by atoms with Crippen LogP contribution in [-0.2, 0) is 0 Å². The van der Waals surface area contributed by atoms with Crippen molar-refractivity contribution in [3.05, 3.63) is 50.0 Å². The lowest BCUT2D eigenvalue weighted by Crippen LogP contribution is -2.09. The van der Waals surface area contributed by atoms with Crippen molar-refractivity contribution in [2.24, 2.45) is 0 Å². The lowest BCUT2D eigenvalue weighted by Gasteiger charge is -2.14. The SMILES string of the molecule is Cc1cc(C)c(C(=O)O)c(Nc2c(Br)cccc2Br)n1. The number of carboxylic acid groups (broad SMARTS) is 1. The van der Waals surface area contributed by atoms with E-state index in [4.69, 9.17) is 0 Å². The Morgan fingerprint density at radius 2 is 1.85 bits per heavy atom. The van der Waals surface area contributed by atoms with Gasteiger partial charge in [0.2, 0.25) is 0 Å². The summed E-state index contributed by atoms with van der Waals surface area (Å²) < 4.78 is 1.65. The van der Waals surface area contributed by atoms with E-state index in [1.807, 2.05) is 25.1 Å². The number of hydrogen-bond donors (Lipinski definition) is 2.